The highest BCUT2D eigenvalue weighted by atomic mass is 32.2. The standard InChI is InChI=1S/C28H41N5O2S2/c1-5-7-9-10-11-12-14-33-27(35)24(37-28(33)36)19-22-21(3)23(20-29)26(34)32(13-8-6-2)25(22)31-17-15-30(4)16-18-31/h19H,5-18H2,1-4H3. The van der Waals surface area contributed by atoms with Crippen molar-refractivity contribution in [3.05, 3.63) is 31.9 Å². The summed E-state index contributed by atoms with van der Waals surface area (Å²) in [6.07, 6.45) is 10.6. The topological polar surface area (TPSA) is 72.6 Å². The molecule has 0 radical (unpaired) electrons. The SMILES string of the molecule is CCCCCCCCN1C(=O)C(=Cc2c(C)c(C#N)c(=O)n(CCCC)c2N2CCN(C)CC2)SC1=S. The van der Waals surface area contributed by atoms with Crippen molar-refractivity contribution in [1.82, 2.24) is 14.4 Å². The van der Waals surface area contributed by atoms with Gasteiger partial charge in [0, 0.05) is 44.8 Å². The van der Waals surface area contributed by atoms with Crippen LogP contribution in [0.3, 0.4) is 0 Å². The molecular formula is C28H41N5O2S2. The van der Waals surface area contributed by atoms with Gasteiger partial charge in [0.2, 0.25) is 0 Å². The van der Waals surface area contributed by atoms with Crippen molar-refractivity contribution in [3.8, 4) is 6.07 Å². The van der Waals surface area contributed by atoms with Crippen LogP contribution in [-0.2, 0) is 11.3 Å². The highest BCUT2D eigenvalue weighted by molar-refractivity contribution is 8.26. The predicted octanol–water partition coefficient (Wildman–Crippen LogP) is 5.14. The molecular weight excluding hydrogens is 502 g/mol. The molecule has 7 nitrogen and oxygen atoms in total. The maximum Gasteiger partial charge on any atom is 0.270 e. The summed E-state index contributed by atoms with van der Waals surface area (Å²) in [5, 5.41) is 9.88. The number of aromatic nitrogens is 1. The Labute approximate surface area is 231 Å². The summed E-state index contributed by atoms with van der Waals surface area (Å²) >= 11 is 6.92. The summed E-state index contributed by atoms with van der Waals surface area (Å²) < 4.78 is 2.35. The number of amides is 1. The average Bonchev–Trinajstić information content (AvgIpc) is 3.15. The number of likely N-dealkylation sites (N-methyl/N-ethyl adjacent to an activating group) is 1. The number of carbonyl (C=O) groups is 1. The zero-order chi connectivity index (χ0) is 26.9. The molecule has 2 aliphatic rings. The lowest BCUT2D eigenvalue weighted by molar-refractivity contribution is -0.122. The normalized spacial score (nSPS) is 17.8. The molecule has 9 heteroatoms. The molecule has 1 aromatic heterocycles. The van der Waals surface area contributed by atoms with E-state index in [0.717, 1.165) is 63.2 Å². The number of unbranched alkanes of at least 4 members (excludes halogenated alkanes) is 6. The molecule has 0 saturated carbocycles. The number of nitriles is 1. The molecule has 3 heterocycles. The maximum absolute atomic E-state index is 13.4. The lowest BCUT2D eigenvalue weighted by atomic mass is 10.0. The maximum atomic E-state index is 13.4. The molecule has 2 saturated heterocycles. The summed E-state index contributed by atoms with van der Waals surface area (Å²) in [6.45, 7) is 10.7. The van der Waals surface area contributed by atoms with Crippen LogP contribution in [0.5, 0.6) is 0 Å². The minimum atomic E-state index is -0.241. The van der Waals surface area contributed by atoms with Crippen molar-refractivity contribution >= 4 is 46.1 Å². The van der Waals surface area contributed by atoms with E-state index in [0.29, 0.717) is 27.9 Å². The first kappa shape index (κ1) is 29.4. The molecule has 0 aromatic carbocycles. The molecule has 202 valence electrons. The summed E-state index contributed by atoms with van der Waals surface area (Å²) in [7, 11) is 2.10. The second-order valence-electron chi connectivity index (χ2n) is 10.1. The third-order valence-corrected chi connectivity index (χ3v) is 8.65. The lowest BCUT2D eigenvalue weighted by Crippen LogP contribution is -2.47. The van der Waals surface area contributed by atoms with Gasteiger partial charge in [-0.1, -0.05) is 76.4 Å². The van der Waals surface area contributed by atoms with E-state index < -0.39 is 0 Å². The van der Waals surface area contributed by atoms with Crippen LogP contribution in [0.25, 0.3) is 6.08 Å². The van der Waals surface area contributed by atoms with Gasteiger partial charge in [-0.15, -0.1) is 0 Å². The van der Waals surface area contributed by atoms with Crippen LogP contribution >= 0.6 is 24.0 Å². The van der Waals surface area contributed by atoms with Crippen molar-refractivity contribution in [2.24, 2.45) is 0 Å². The summed E-state index contributed by atoms with van der Waals surface area (Å²) in [4.78, 5) is 33.6. The van der Waals surface area contributed by atoms with Gasteiger partial charge in [-0.25, -0.2) is 0 Å². The number of thiocarbonyl (C=S) groups is 1. The van der Waals surface area contributed by atoms with Crippen molar-refractivity contribution in [2.75, 3.05) is 44.7 Å². The molecule has 0 aliphatic carbocycles. The number of anilines is 1. The van der Waals surface area contributed by atoms with E-state index in [1.165, 1.54) is 37.4 Å². The van der Waals surface area contributed by atoms with Gasteiger partial charge < -0.3 is 9.80 Å². The van der Waals surface area contributed by atoms with E-state index in [2.05, 4.69) is 36.8 Å². The van der Waals surface area contributed by atoms with Crippen LogP contribution in [0.4, 0.5) is 5.82 Å². The predicted molar refractivity (Wildman–Crippen MR) is 158 cm³/mol. The fraction of sp³-hybridized carbons (Fsp3) is 0.643. The number of carbonyl (C=O) groups excluding carboxylic acids is 1. The van der Waals surface area contributed by atoms with Crippen LogP contribution in [0.1, 0.15) is 81.9 Å². The van der Waals surface area contributed by atoms with Crippen LogP contribution in [-0.4, -0.2) is 64.4 Å². The van der Waals surface area contributed by atoms with E-state index in [-0.39, 0.29) is 17.0 Å². The zero-order valence-electron chi connectivity index (χ0n) is 22.8. The molecule has 2 fully saturated rings. The van der Waals surface area contributed by atoms with E-state index in [1.807, 2.05) is 13.0 Å². The molecule has 0 spiro atoms. The third-order valence-electron chi connectivity index (χ3n) is 7.27. The number of pyridine rings is 1. The van der Waals surface area contributed by atoms with Gasteiger partial charge in [0.1, 0.15) is 21.8 Å². The van der Waals surface area contributed by atoms with Gasteiger partial charge in [0.25, 0.3) is 11.5 Å². The van der Waals surface area contributed by atoms with Gasteiger partial charge in [-0.2, -0.15) is 5.26 Å². The largest absolute Gasteiger partial charge is 0.355 e. The van der Waals surface area contributed by atoms with Crippen LogP contribution in [0.2, 0.25) is 0 Å². The molecule has 0 bridgehead atoms. The molecule has 1 amide bonds. The van der Waals surface area contributed by atoms with E-state index in [4.69, 9.17) is 12.2 Å². The fourth-order valence-electron chi connectivity index (χ4n) is 4.90. The molecule has 0 N–H and O–H groups in total. The van der Waals surface area contributed by atoms with Crippen molar-refractivity contribution < 1.29 is 4.79 Å². The fourth-order valence-corrected chi connectivity index (χ4v) is 6.19. The monoisotopic (exact) mass is 543 g/mol. The third kappa shape index (κ3) is 7.04. The Balaban J connectivity index is 1.98. The highest BCUT2D eigenvalue weighted by Gasteiger charge is 2.33. The Kier molecular flexibility index (Phi) is 11.2. The van der Waals surface area contributed by atoms with Gasteiger partial charge in [0.05, 0.1) is 4.91 Å². The van der Waals surface area contributed by atoms with Crippen molar-refractivity contribution in [1.29, 1.82) is 5.26 Å². The van der Waals surface area contributed by atoms with Gasteiger partial charge >= 0.3 is 0 Å². The van der Waals surface area contributed by atoms with Gasteiger partial charge in [0.15, 0.2) is 0 Å². The molecule has 3 rings (SSSR count). The first-order valence-electron chi connectivity index (χ1n) is 13.7. The van der Waals surface area contributed by atoms with Gasteiger partial charge in [-0.05, 0) is 38.5 Å². The lowest BCUT2D eigenvalue weighted by Gasteiger charge is -2.36. The average molecular weight is 544 g/mol. The number of piperazine rings is 1. The highest BCUT2D eigenvalue weighted by Crippen LogP contribution is 2.36. The van der Waals surface area contributed by atoms with Crippen LogP contribution in [0.15, 0.2) is 9.70 Å². The second kappa shape index (κ2) is 14.1. The molecule has 0 atom stereocenters. The summed E-state index contributed by atoms with van der Waals surface area (Å²) in [5.74, 6) is 0.751. The molecule has 1 aromatic rings. The number of hydrogen-bond acceptors (Lipinski definition) is 7. The Hall–Kier alpha value is -2.15. The van der Waals surface area contributed by atoms with Crippen LogP contribution in [0, 0.1) is 18.3 Å². The zero-order valence-corrected chi connectivity index (χ0v) is 24.5. The minimum absolute atomic E-state index is 0.0721. The quantitative estimate of drug-likeness (QED) is 0.205. The number of rotatable bonds is 12. The van der Waals surface area contributed by atoms with E-state index >= 15 is 0 Å². The molecule has 2 aliphatic heterocycles. The van der Waals surface area contributed by atoms with E-state index in [1.54, 1.807) is 9.47 Å². The van der Waals surface area contributed by atoms with Crippen LogP contribution < -0.4 is 10.5 Å². The Morgan fingerprint density at radius 1 is 0.973 bits per heavy atom. The van der Waals surface area contributed by atoms with Crippen molar-refractivity contribution in [3.63, 3.8) is 0 Å². The summed E-state index contributed by atoms with van der Waals surface area (Å²) in [6, 6.07) is 2.14. The first-order chi connectivity index (χ1) is 17.8. The molecule has 0 unspecified atom stereocenters. The van der Waals surface area contributed by atoms with Crippen molar-refractivity contribution in [2.45, 2.75) is 78.7 Å². The number of hydrogen-bond donors (Lipinski definition) is 0. The number of nitrogens with zero attached hydrogens (tertiary/aromatic N) is 5. The second-order valence-corrected chi connectivity index (χ2v) is 11.7. The minimum Gasteiger partial charge on any atom is -0.355 e. The first-order valence-corrected chi connectivity index (χ1v) is 14.9. The number of thioether (sulfide) groups is 1. The molecule has 37 heavy (non-hydrogen) atoms. The van der Waals surface area contributed by atoms with E-state index in [9.17, 15) is 14.9 Å². The van der Waals surface area contributed by atoms with Gasteiger partial charge in [-0.3, -0.25) is 19.1 Å². The smallest absolute Gasteiger partial charge is 0.270 e. The summed E-state index contributed by atoms with van der Waals surface area (Å²) in [5.41, 5.74) is 1.34. The Morgan fingerprint density at radius 3 is 2.27 bits per heavy atom. The Morgan fingerprint density at radius 2 is 1.62 bits per heavy atom. The Bertz CT molecular complexity index is 1110.